The quantitative estimate of drug-likeness (QED) is 0.161. The van der Waals surface area contributed by atoms with Crippen LogP contribution in [0.5, 0.6) is 0 Å². The van der Waals surface area contributed by atoms with Crippen LogP contribution in [-0.2, 0) is 39.0 Å². The first-order valence-electron chi connectivity index (χ1n) is 15.2. The molecule has 0 fully saturated rings. The van der Waals surface area contributed by atoms with Crippen molar-refractivity contribution in [1.29, 1.82) is 0 Å². The minimum atomic E-state index is -3.41. The summed E-state index contributed by atoms with van der Waals surface area (Å²) < 4.78 is 125. The number of para-hydroxylation sites is 1. The number of hydrogen-bond donors (Lipinski definition) is 0. The Bertz CT molecular complexity index is 2920. The Kier molecular flexibility index (Phi) is 11.2. The third-order valence-corrected chi connectivity index (χ3v) is 11.0. The van der Waals surface area contributed by atoms with Gasteiger partial charge in [-0.1, -0.05) is 24.3 Å². The Morgan fingerprint density at radius 1 is 0.519 bits per heavy atom. The van der Waals surface area contributed by atoms with Gasteiger partial charge in [-0.05, 0) is 48.3 Å². The van der Waals surface area contributed by atoms with Gasteiger partial charge in [-0.25, -0.2) is 34.0 Å². The van der Waals surface area contributed by atoms with Crippen LogP contribution in [0, 0.1) is 11.6 Å². The molecule has 284 valence electrons. The fraction of sp³-hybridized carbons (Fsp3) is 0.111. The predicted molar refractivity (Wildman–Crippen MR) is 201 cm³/mol. The first-order valence-corrected chi connectivity index (χ1v) is 23.0. The first kappa shape index (κ1) is 39.9. The molecule has 0 amide bonds. The lowest BCUT2D eigenvalue weighted by Crippen LogP contribution is -1.93. The molecule has 12 nitrogen and oxygen atoms in total. The van der Waals surface area contributed by atoms with Gasteiger partial charge >= 0.3 is 0 Å². The number of furan rings is 4. The average Bonchev–Trinajstić information content (AvgIpc) is 3.88. The van der Waals surface area contributed by atoms with Crippen LogP contribution in [0.3, 0.4) is 0 Å². The normalized spacial score (nSPS) is 13.0. The Morgan fingerprint density at radius 3 is 1.59 bits per heavy atom. The van der Waals surface area contributed by atoms with Crippen LogP contribution in [-0.4, -0.2) is 65.3 Å². The summed E-state index contributed by atoms with van der Waals surface area (Å²) >= 11 is 0. The van der Waals surface area contributed by atoms with Crippen molar-refractivity contribution >= 4 is 88.8 Å². The third kappa shape index (κ3) is 9.81. The van der Waals surface area contributed by atoms with Crippen LogP contribution in [0.15, 0.2) is 141 Å². The van der Waals surface area contributed by atoms with E-state index in [1.165, 1.54) is 54.6 Å². The first-order chi connectivity index (χ1) is 25.1. The van der Waals surface area contributed by atoms with Gasteiger partial charge in [-0.3, -0.25) is 9.19 Å². The van der Waals surface area contributed by atoms with Crippen LogP contribution in [0.2, 0.25) is 0 Å². The predicted octanol–water partition coefficient (Wildman–Crippen LogP) is 7.32. The SMILES string of the molecule is C=S(C)(=O)c1cc2cnccc2o1.CS(=O)(=O)c1cc2c(F)cccc2o1.CS(=O)(=O)c1cc2cc(F)ccc2o1.CS(=O)(=O)c1cc2ccccc2o1. The summed E-state index contributed by atoms with van der Waals surface area (Å²) in [5.74, 6) is 2.65. The number of nitrogens with zero attached hydrogens (tertiary/aromatic N) is 1. The highest BCUT2D eigenvalue weighted by atomic mass is 32.2. The summed E-state index contributed by atoms with van der Waals surface area (Å²) in [6.45, 7) is 0. The molecular weight excluding hydrogens is 789 g/mol. The molecule has 5 heterocycles. The molecule has 3 aromatic carbocycles. The highest BCUT2D eigenvalue weighted by molar-refractivity contribution is 7.99. The fourth-order valence-electron chi connectivity index (χ4n) is 4.57. The van der Waals surface area contributed by atoms with Crippen LogP contribution in [0.4, 0.5) is 8.78 Å². The molecule has 18 heteroatoms. The second-order valence-corrected chi connectivity index (χ2v) is 20.1. The molecule has 0 aliphatic carbocycles. The molecule has 1 unspecified atom stereocenters. The van der Waals surface area contributed by atoms with Gasteiger partial charge in [0, 0.05) is 87.4 Å². The number of pyridine rings is 1. The number of sulfone groups is 3. The molecule has 0 radical (unpaired) electrons. The van der Waals surface area contributed by atoms with E-state index in [4.69, 9.17) is 17.7 Å². The maximum Gasteiger partial charge on any atom is 0.219 e. The smallest absolute Gasteiger partial charge is 0.219 e. The van der Waals surface area contributed by atoms with E-state index in [0.29, 0.717) is 27.2 Å². The van der Waals surface area contributed by atoms with Gasteiger partial charge in [0.15, 0.2) is 5.09 Å². The van der Waals surface area contributed by atoms with E-state index >= 15 is 0 Å². The van der Waals surface area contributed by atoms with E-state index in [1.807, 2.05) is 12.1 Å². The van der Waals surface area contributed by atoms with Crippen molar-refractivity contribution in [2.24, 2.45) is 0 Å². The summed E-state index contributed by atoms with van der Waals surface area (Å²) in [6.07, 6.45) is 8.05. The Labute approximate surface area is 308 Å². The standard InChI is InChI=1S/2C9H7FO3S.C9H9NO2S.C9H8O3S/c1-14(11,12)9-5-6-4-7(10)2-3-8(6)13-9;1-14(11,12)9-5-6-7(10)3-2-4-8(6)13-9;1-13(2,11)9-5-7-6-10-4-3-8(7)12-9;1-13(10,11)9-6-7-4-2-3-5-8(7)12-9/h2*2-5H,1H3;3-6H,1H2,2H3;2-6H,1H3. The van der Waals surface area contributed by atoms with Crippen molar-refractivity contribution in [3.8, 4) is 0 Å². The maximum atomic E-state index is 13.1. The summed E-state index contributed by atoms with van der Waals surface area (Å²) in [5.41, 5.74) is 1.91. The van der Waals surface area contributed by atoms with Crippen molar-refractivity contribution < 1.29 is 55.9 Å². The molecular formula is C36H31F2NO11S4. The molecule has 8 aromatic rings. The lowest BCUT2D eigenvalue weighted by atomic mass is 10.2. The maximum absolute atomic E-state index is 13.1. The monoisotopic (exact) mass is 819 g/mol. The molecule has 0 aliphatic heterocycles. The van der Waals surface area contributed by atoms with E-state index in [1.54, 1.807) is 42.9 Å². The minimum absolute atomic E-state index is 0.0219. The molecule has 0 spiro atoms. The fourth-order valence-corrected chi connectivity index (χ4v) is 6.95. The highest BCUT2D eigenvalue weighted by Gasteiger charge is 2.16. The summed E-state index contributed by atoms with van der Waals surface area (Å²) in [5, 5.41) is 2.40. The molecule has 1 atom stereocenters. The number of benzene rings is 3. The number of halogens is 2. The second kappa shape index (κ2) is 15.2. The van der Waals surface area contributed by atoms with Gasteiger partial charge in [0.1, 0.15) is 34.0 Å². The van der Waals surface area contributed by atoms with E-state index < -0.39 is 50.7 Å². The van der Waals surface area contributed by atoms with Crippen molar-refractivity contribution in [3.63, 3.8) is 0 Å². The zero-order chi connectivity index (χ0) is 39.6. The number of rotatable bonds is 4. The van der Waals surface area contributed by atoms with Crippen molar-refractivity contribution in [1.82, 2.24) is 4.98 Å². The Hall–Kier alpha value is -5.30. The van der Waals surface area contributed by atoms with Crippen LogP contribution in [0.1, 0.15) is 0 Å². The van der Waals surface area contributed by atoms with Crippen molar-refractivity contribution in [2.45, 2.75) is 20.4 Å². The van der Waals surface area contributed by atoms with Gasteiger partial charge in [-0.15, -0.1) is 0 Å². The van der Waals surface area contributed by atoms with Gasteiger partial charge < -0.3 is 17.7 Å². The average molecular weight is 820 g/mol. The van der Waals surface area contributed by atoms with Gasteiger partial charge in [-0.2, -0.15) is 0 Å². The second-order valence-electron chi connectivity index (χ2n) is 11.9. The Balaban J connectivity index is 0.000000139. The van der Waals surface area contributed by atoms with E-state index in [9.17, 15) is 38.2 Å². The molecule has 0 aliphatic rings. The van der Waals surface area contributed by atoms with Crippen LogP contribution in [0.25, 0.3) is 43.9 Å². The van der Waals surface area contributed by atoms with Gasteiger partial charge in [0.2, 0.25) is 44.8 Å². The highest BCUT2D eigenvalue weighted by Crippen LogP contribution is 2.26. The Morgan fingerprint density at radius 2 is 1.02 bits per heavy atom. The molecule has 54 heavy (non-hydrogen) atoms. The zero-order valence-corrected chi connectivity index (χ0v) is 32.1. The van der Waals surface area contributed by atoms with Gasteiger partial charge in [0.05, 0.1) is 5.39 Å². The topological polar surface area (TPSA) is 185 Å². The van der Waals surface area contributed by atoms with Crippen molar-refractivity contribution in [3.05, 3.63) is 115 Å². The van der Waals surface area contributed by atoms with Crippen LogP contribution >= 0.6 is 0 Å². The van der Waals surface area contributed by atoms with Gasteiger partial charge in [0.25, 0.3) is 0 Å². The number of hydrogen-bond acceptors (Lipinski definition) is 12. The van der Waals surface area contributed by atoms with E-state index in [0.717, 1.165) is 29.5 Å². The molecule has 8 rings (SSSR count). The minimum Gasteiger partial charge on any atom is -0.448 e. The molecule has 0 N–H and O–H groups in total. The molecule has 5 aromatic heterocycles. The molecule has 0 saturated carbocycles. The number of aromatic nitrogens is 1. The van der Waals surface area contributed by atoms with Crippen molar-refractivity contribution in [2.75, 3.05) is 25.0 Å². The number of fused-ring (bicyclic) bond motifs is 4. The van der Waals surface area contributed by atoms with Crippen LogP contribution < -0.4 is 0 Å². The lowest BCUT2D eigenvalue weighted by Gasteiger charge is -1.93. The zero-order valence-electron chi connectivity index (χ0n) is 28.8. The lowest BCUT2D eigenvalue weighted by molar-refractivity contribution is 0.484. The summed E-state index contributed by atoms with van der Waals surface area (Å²) in [6, 6.07) is 22.8. The van der Waals surface area contributed by atoms with E-state index in [-0.39, 0.29) is 26.2 Å². The summed E-state index contributed by atoms with van der Waals surface area (Å²) in [4.78, 5) is 3.94. The largest absolute Gasteiger partial charge is 0.448 e. The van der Waals surface area contributed by atoms with E-state index in [2.05, 4.69) is 10.9 Å². The summed E-state index contributed by atoms with van der Waals surface area (Å²) in [7, 11) is -12.3. The molecule has 0 bridgehead atoms. The molecule has 0 saturated heterocycles. The third-order valence-electron chi connectivity index (χ3n) is 7.16.